The van der Waals surface area contributed by atoms with E-state index in [2.05, 4.69) is 33.2 Å². The Balaban J connectivity index is 1.41. The molecule has 1 aliphatic heterocycles. The molecule has 5 rings (SSSR count). The lowest BCUT2D eigenvalue weighted by molar-refractivity contribution is 0.190. The molecule has 1 N–H and O–H groups in total. The number of H-pyrrole nitrogens is 1. The fourth-order valence-electron chi connectivity index (χ4n) is 3.67. The molecule has 3 heterocycles. The number of thiazole rings is 1. The van der Waals surface area contributed by atoms with Crippen molar-refractivity contribution in [2.75, 3.05) is 6.54 Å². The van der Waals surface area contributed by atoms with E-state index in [1.807, 2.05) is 41.1 Å². The topological polar surface area (TPSA) is 49.7 Å². The number of benzene rings is 2. The van der Waals surface area contributed by atoms with Crippen molar-refractivity contribution in [3.8, 4) is 11.4 Å². The molecule has 0 saturated carbocycles. The quantitative estimate of drug-likeness (QED) is 0.495. The number of aromatic nitrogens is 4. The van der Waals surface area contributed by atoms with Gasteiger partial charge in [0, 0.05) is 12.1 Å². The molecule has 1 aliphatic rings. The number of para-hydroxylation sites is 1. The number of likely N-dealkylation sites (tertiary alicyclic amines) is 1. The molecule has 0 aliphatic carbocycles. The van der Waals surface area contributed by atoms with Crippen molar-refractivity contribution < 1.29 is 0 Å². The number of rotatable bonds is 4. The minimum atomic E-state index is 0.341. The van der Waals surface area contributed by atoms with Crippen LogP contribution in [0.5, 0.6) is 0 Å². The number of hydrogen-bond donors (Lipinski definition) is 1. The van der Waals surface area contributed by atoms with Gasteiger partial charge in [-0.25, -0.2) is 9.67 Å². The van der Waals surface area contributed by atoms with E-state index in [9.17, 15) is 0 Å². The molecule has 0 amide bonds. The summed E-state index contributed by atoms with van der Waals surface area (Å²) in [5.74, 6) is 0.816. The summed E-state index contributed by atoms with van der Waals surface area (Å²) < 4.78 is 3.80. The first-order valence-corrected chi connectivity index (χ1v) is 10.3. The van der Waals surface area contributed by atoms with Gasteiger partial charge in [0.1, 0.15) is 5.01 Å². The minimum Gasteiger partial charge on any atom is -0.278 e. The summed E-state index contributed by atoms with van der Waals surface area (Å²) >= 11 is 7.30. The smallest absolute Gasteiger partial charge is 0.217 e. The van der Waals surface area contributed by atoms with Gasteiger partial charge in [0.25, 0.3) is 0 Å². The molecule has 4 aromatic rings. The molecule has 1 fully saturated rings. The van der Waals surface area contributed by atoms with Crippen molar-refractivity contribution in [2.45, 2.75) is 25.6 Å². The third-order valence-electron chi connectivity index (χ3n) is 5.01. The molecular weight excluding hydrogens is 374 g/mol. The third kappa shape index (κ3) is 3.22. The first kappa shape index (κ1) is 16.8. The van der Waals surface area contributed by atoms with E-state index < -0.39 is 0 Å². The van der Waals surface area contributed by atoms with Crippen molar-refractivity contribution in [2.24, 2.45) is 0 Å². The van der Waals surface area contributed by atoms with Crippen LogP contribution in [0.1, 0.15) is 23.9 Å². The molecular formula is C20H19N5S2. The molecule has 0 radical (unpaired) electrons. The minimum absolute atomic E-state index is 0.341. The van der Waals surface area contributed by atoms with Crippen molar-refractivity contribution in [3.63, 3.8) is 0 Å². The lowest BCUT2D eigenvalue weighted by Crippen LogP contribution is -2.26. The number of nitrogens with zero attached hydrogens (tertiary/aromatic N) is 4. The predicted octanol–water partition coefficient (Wildman–Crippen LogP) is 5.01. The summed E-state index contributed by atoms with van der Waals surface area (Å²) in [4.78, 5) is 11.9. The largest absolute Gasteiger partial charge is 0.278 e. The highest BCUT2D eigenvalue weighted by Crippen LogP contribution is 2.36. The SMILES string of the molecule is S=c1nc(-c2ccccc2)[nH]n1CN1CCC[C@@H]1c1nc2ccccc2s1. The predicted molar refractivity (Wildman–Crippen MR) is 111 cm³/mol. The molecule has 0 unspecified atom stereocenters. The zero-order valence-electron chi connectivity index (χ0n) is 14.7. The average Bonchev–Trinajstić information content (AvgIpc) is 3.41. The zero-order valence-corrected chi connectivity index (χ0v) is 16.3. The second-order valence-electron chi connectivity index (χ2n) is 6.78. The maximum atomic E-state index is 5.50. The van der Waals surface area contributed by atoms with Crippen LogP contribution in [0.25, 0.3) is 21.6 Å². The van der Waals surface area contributed by atoms with E-state index in [-0.39, 0.29) is 0 Å². The summed E-state index contributed by atoms with van der Waals surface area (Å²) in [5.41, 5.74) is 2.14. The lowest BCUT2D eigenvalue weighted by atomic mass is 10.2. The molecule has 0 spiro atoms. The molecule has 0 bridgehead atoms. The Labute approximate surface area is 166 Å². The number of hydrogen-bond acceptors (Lipinski definition) is 5. The Morgan fingerprint density at radius 2 is 1.89 bits per heavy atom. The number of aromatic amines is 1. The molecule has 2 aromatic carbocycles. The summed E-state index contributed by atoms with van der Waals surface area (Å²) in [5, 5.41) is 4.56. The molecule has 1 atom stereocenters. The van der Waals surface area contributed by atoms with Crippen molar-refractivity contribution in [1.82, 2.24) is 24.6 Å². The second kappa shape index (κ2) is 6.99. The Morgan fingerprint density at radius 1 is 1.07 bits per heavy atom. The van der Waals surface area contributed by atoms with Gasteiger partial charge in [-0.15, -0.1) is 11.3 Å². The van der Waals surface area contributed by atoms with E-state index in [0.29, 0.717) is 17.5 Å². The average molecular weight is 394 g/mol. The van der Waals surface area contributed by atoms with Crippen LogP contribution in [0.15, 0.2) is 54.6 Å². The summed E-state index contributed by atoms with van der Waals surface area (Å²) in [6.07, 6.45) is 2.31. The van der Waals surface area contributed by atoms with Crippen molar-refractivity contribution in [3.05, 3.63) is 64.4 Å². The van der Waals surface area contributed by atoms with Gasteiger partial charge < -0.3 is 0 Å². The lowest BCUT2D eigenvalue weighted by Gasteiger charge is -2.22. The summed E-state index contributed by atoms with van der Waals surface area (Å²) in [6, 6.07) is 18.8. The van der Waals surface area contributed by atoms with Crippen LogP contribution in [-0.4, -0.2) is 31.2 Å². The van der Waals surface area contributed by atoms with Crippen LogP contribution in [-0.2, 0) is 6.67 Å². The first-order chi connectivity index (χ1) is 13.3. The van der Waals surface area contributed by atoms with Crippen LogP contribution >= 0.6 is 23.6 Å². The highest BCUT2D eigenvalue weighted by Gasteiger charge is 2.29. The molecule has 1 saturated heterocycles. The standard InChI is InChI=1S/C20H19N5S2/c26-20-22-18(14-7-2-1-3-8-14)23-25(20)13-24-12-6-10-16(24)19-21-15-9-4-5-11-17(15)27-19/h1-5,7-9,11,16H,6,10,12-13H2,(H,22,23,26)/t16-/m1/s1. The van der Waals surface area contributed by atoms with Gasteiger partial charge in [0.05, 0.1) is 22.9 Å². The van der Waals surface area contributed by atoms with Crippen molar-refractivity contribution >= 4 is 33.8 Å². The zero-order chi connectivity index (χ0) is 18.2. The molecule has 27 heavy (non-hydrogen) atoms. The summed E-state index contributed by atoms with van der Waals surface area (Å²) in [6.45, 7) is 1.75. The van der Waals surface area contributed by atoms with Gasteiger partial charge >= 0.3 is 0 Å². The first-order valence-electron chi connectivity index (χ1n) is 9.10. The van der Waals surface area contributed by atoms with Gasteiger partial charge in [-0.05, 0) is 37.2 Å². The Morgan fingerprint density at radius 3 is 2.74 bits per heavy atom. The van der Waals surface area contributed by atoms with Crippen LogP contribution in [0, 0.1) is 4.77 Å². The van der Waals surface area contributed by atoms with Crippen LogP contribution in [0.4, 0.5) is 0 Å². The molecule has 136 valence electrons. The molecule has 2 aromatic heterocycles. The molecule has 7 heteroatoms. The van der Waals surface area contributed by atoms with Crippen LogP contribution in [0.3, 0.4) is 0 Å². The van der Waals surface area contributed by atoms with E-state index >= 15 is 0 Å². The Hall–Kier alpha value is -2.35. The normalized spacial score (nSPS) is 17.7. The van der Waals surface area contributed by atoms with Crippen LogP contribution in [0.2, 0.25) is 0 Å². The second-order valence-corrected chi connectivity index (χ2v) is 8.21. The number of fused-ring (bicyclic) bond motifs is 1. The Bertz CT molecular complexity index is 1090. The fraction of sp³-hybridized carbons (Fsp3) is 0.250. The van der Waals surface area contributed by atoms with E-state index in [1.165, 1.54) is 16.1 Å². The summed E-state index contributed by atoms with van der Waals surface area (Å²) in [7, 11) is 0. The van der Waals surface area contributed by atoms with Gasteiger partial charge in [0.2, 0.25) is 4.77 Å². The Kier molecular flexibility index (Phi) is 4.35. The van der Waals surface area contributed by atoms with Gasteiger partial charge in [-0.2, -0.15) is 4.98 Å². The monoisotopic (exact) mass is 393 g/mol. The molecule has 5 nitrogen and oxygen atoms in total. The van der Waals surface area contributed by atoms with Gasteiger partial charge in [-0.1, -0.05) is 42.5 Å². The third-order valence-corrected chi connectivity index (χ3v) is 6.46. The van der Waals surface area contributed by atoms with Gasteiger partial charge in [0.15, 0.2) is 5.82 Å². The maximum Gasteiger partial charge on any atom is 0.217 e. The number of nitrogens with one attached hydrogen (secondary N) is 1. The maximum absolute atomic E-state index is 5.50. The van der Waals surface area contributed by atoms with E-state index in [1.54, 1.807) is 11.3 Å². The highest BCUT2D eigenvalue weighted by molar-refractivity contribution is 7.71. The van der Waals surface area contributed by atoms with E-state index in [4.69, 9.17) is 17.2 Å². The van der Waals surface area contributed by atoms with Crippen molar-refractivity contribution in [1.29, 1.82) is 0 Å². The fourth-order valence-corrected chi connectivity index (χ4v) is 5.00. The highest BCUT2D eigenvalue weighted by atomic mass is 32.1. The van der Waals surface area contributed by atoms with Gasteiger partial charge in [-0.3, -0.25) is 10.00 Å². The van der Waals surface area contributed by atoms with E-state index in [0.717, 1.165) is 29.9 Å². The van der Waals surface area contributed by atoms with Crippen LogP contribution < -0.4 is 0 Å².